The molecule has 0 aliphatic rings. The Morgan fingerprint density at radius 2 is 2.16 bits per heavy atom. The number of nitrogen functional groups attached to an aromatic ring is 1. The zero-order valence-corrected chi connectivity index (χ0v) is 13.0. The molecule has 8 heteroatoms. The van der Waals surface area contributed by atoms with Crippen molar-refractivity contribution in [2.75, 3.05) is 26.0 Å². The van der Waals surface area contributed by atoms with E-state index in [0.717, 1.165) is 12.1 Å². The van der Waals surface area contributed by atoms with E-state index in [4.69, 9.17) is 10.5 Å². The first-order valence-electron chi connectivity index (χ1n) is 5.51. The molecular formula is C11H16BrFN2O3S. The van der Waals surface area contributed by atoms with Gasteiger partial charge in [-0.1, -0.05) is 6.92 Å². The van der Waals surface area contributed by atoms with Crippen LogP contribution in [0.2, 0.25) is 0 Å². The van der Waals surface area contributed by atoms with E-state index in [1.165, 1.54) is 7.11 Å². The minimum absolute atomic E-state index is 0.0179. The molecule has 1 aromatic carbocycles. The summed E-state index contributed by atoms with van der Waals surface area (Å²) in [6, 6.07) is 2.12. The summed E-state index contributed by atoms with van der Waals surface area (Å²) in [6.45, 7) is 2.39. The molecule has 0 fully saturated rings. The Labute approximate surface area is 120 Å². The molecule has 108 valence electrons. The SMILES string of the molecule is COCC(C)CNS(=O)(=O)c1cc(N)c(Br)cc1F. The number of hydrogen-bond donors (Lipinski definition) is 2. The normalized spacial score (nSPS) is 13.5. The van der Waals surface area contributed by atoms with Crippen molar-refractivity contribution < 1.29 is 17.5 Å². The molecule has 0 saturated carbocycles. The van der Waals surface area contributed by atoms with Gasteiger partial charge in [0.05, 0.1) is 0 Å². The molecule has 0 aliphatic heterocycles. The monoisotopic (exact) mass is 354 g/mol. The largest absolute Gasteiger partial charge is 0.398 e. The van der Waals surface area contributed by atoms with Crippen molar-refractivity contribution in [3.05, 3.63) is 22.4 Å². The van der Waals surface area contributed by atoms with E-state index < -0.39 is 20.7 Å². The van der Waals surface area contributed by atoms with Gasteiger partial charge in [0.1, 0.15) is 10.7 Å². The number of methoxy groups -OCH3 is 1. The first-order chi connectivity index (χ1) is 8.77. The number of hydrogen-bond acceptors (Lipinski definition) is 4. The Kier molecular flexibility index (Phi) is 5.72. The zero-order chi connectivity index (χ0) is 14.6. The van der Waals surface area contributed by atoms with E-state index in [1.54, 1.807) is 0 Å². The predicted octanol–water partition coefficient (Wildman–Crippen LogP) is 1.73. The number of nitrogens with two attached hydrogens (primary N) is 1. The van der Waals surface area contributed by atoms with Gasteiger partial charge < -0.3 is 10.5 Å². The lowest BCUT2D eigenvalue weighted by atomic mass is 10.2. The third-order valence-electron chi connectivity index (χ3n) is 2.41. The summed E-state index contributed by atoms with van der Waals surface area (Å²) in [6.07, 6.45) is 0. The van der Waals surface area contributed by atoms with E-state index in [2.05, 4.69) is 20.7 Å². The summed E-state index contributed by atoms with van der Waals surface area (Å²) in [7, 11) is -2.40. The van der Waals surface area contributed by atoms with Gasteiger partial charge >= 0.3 is 0 Å². The van der Waals surface area contributed by atoms with Crippen LogP contribution in [0.3, 0.4) is 0 Å². The van der Waals surface area contributed by atoms with Gasteiger partial charge in [-0.15, -0.1) is 0 Å². The van der Waals surface area contributed by atoms with Gasteiger partial charge in [0.2, 0.25) is 10.0 Å². The van der Waals surface area contributed by atoms with Crippen LogP contribution < -0.4 is 10.5 Å². The van der Waals surface area contributed by atoms with Crippen LogP contribution in [0.5, 0.6) is 0 Å². The topological polar surface area (TPSA) is 81.4 Å². The van der Waals surface area contributed by atoms with Crippen molar-refractivity contribution in [3.63, 3.8) is 0 Å². The quantitative estimate of drug-likeness (QED) is 0.762. The molecule has 0 aromatic heterocycles. The molecule has 0 aliphatic carbocycles. The third-order valence-corrected chi connectivity index (χ3v) is 4.54. The highest BCUT2D eigenvalue weighted by molar-refractivity contribution is 9.10. The number of rotatable bonds is 6. The van der Waals surface area contributed by atoms with E-state index in [9.17, 15) is 12.8 Å². The van der Waals surface area contributed by atoms with Gasteiger partial charge in [-0.05, 0) is 34.0 Å². The summed E-state index contributed by atoms with van der Waals surface area (Å²) >= 11 is 3.03. The second kappa shape index (κ2) is 6.65. The summed E-state index contributed by atoms with van der Waals surface area (Å²) in [5.41, 5.74) is 5.72. The van der Waals surface area contributed by atoms with Crippen molar-refractivity contribution in [2.45, 2.75) is 11.8 Å². The second-order valence-electron chi connectivity index (χ2n) is 4.22. The smallest absolute Gasteiger partial charge is 0.243 e. The van der Waals surface area contributed by atoms with Crippen molar-refractivity contribution >= 4 is 31.6 Å². The molecule has 5 nitrogen and oxygen atoms in total. The maximum atomic E-state index is 13.7. The number of anilines is 1. The zero-order valence-electron chi connectivity index (χ0n) is 10.6. The minimum Gasteiger partial charge on any atom is -0.398 e. The molecule has 19 heavy (non-hydrogen) atoms. The third kappa shape index (κ3) is 4.41. The van der Waals surface area contributed by atoms with Crippen LogP contribution in [-0.2, 0) is 14.8 Å². The van der Waals surface area contributed by atoms with Crippen molar-refractivity contribution in [1.29, 1.82) is 0 Å². The Hall–Kier alpha value is -0.700. The van der Waals surface area contributed by atoms with Crippen molar-refractivity contribution in [1.82, 2.24) is 4.72 Å². The fourth-order valence-corrected chi connectivity index (χ4v) is 3.00. The van der Waals surface area contributed by atoms with Crippen LogP contribution in [0, 0.1) is 11.7 Å². The highest BCUT2D eigenvalue weighted by atomic mass is 79.9. The summed E-state index contributed by atoms with van der Waals surface area (Å²) in [5.74, 6) is -0.872. The average molecular weight is 355 g/mol. The van der Waals surface area contributed by atoms with E-state index in [-0.39, 0.29) is 18.2 Å². The molecule has 0 spiro atoms. The second-order valence-corrected chi connectivity index (χ2v) is 6.81. The molecule has 1 unspecified atom stereocenters. The molecule has 1 rings (SSSR count). The lowest BCUT2D eigenvalue weighted by Gasteiger charge is -2.13. The molecule has 0 radical (unpaired) electrons. The molecule has 3 N–H and O–H groups in total. The van der Waals surface area contributed by atoms with Crippen LogP contribution in [-0.4, -0.2) is 28.7 Å². The van der Waals surface area contributed by atoms with Crippen molar-refractivity contribution in [3.8, 4) is 0 Å². The van der Waals surface area contributed by atoms with Crippen LogP contribution in [0.1, 0.15) is 6.92 Å². The molecule has 1 atom stereocenters. The number of sulfonamides is 1. The van der Waals surface area contributed by atoms with Crippen LogP contribution >= 0.6 is 15.9 Å². The van der Waals surface area contributed by atoms with Crippen LogP contribution in [0.4, 0.5) is 10.1 Å². The van der Waals surface area contributed by atoms with Gasteiger partial charge in [-0.25, -0.2) is 17.5 Å². The Morgan fingerprint density at radius 3 is 2.74 bits per heavy atom. The van der Waals surface area contributed by atoms with Gasteiger partial charge in [0, 0.05) is 30.4 Å². The fraction of sp³-hybridized carbons (Fsp3) is 0.455. The van der Waals surface area contributed by atoms with Gasteiger partial charge in [-0.2, -0.15) is 0 Å². The van der Waals surface area contributed by atoms with Gasteiger partial charge in [-0.3, -0.25) is 0 Å². The average Bonchev–Trinajstić information content (AvgIpc) is 2.31. The molecule has 0 bridgehead atoms. The summed E-state index contributed by atoms with van der Waals surface area (Å²) in [5, 5.41) is 0. The van der Waals surface area contributed by atoms with E-state index in [0.29, 0.717) is 11.1 Å². The summed E-state index contributed by atoms with van der Waals surface area (Å²) < 4.78 is 45.1. The maximum Gasteiger partial charge on any atom is 0.243 e. The maximum absolute atomic E-state index is 13.7. The Bertz CT molecular complexity index is 551. The van der Waals surface area contributed by atoms with E-state index >= 15 is 0 Å². The number of benzene rings is 1. The highest BCUT2D eigenvalue weighted by Crippen LogP contribution is 2.25. The van der Waals surface area contributed by atoms with Crippen molar-refractivity contribution in [2.24, 2.45) is 5.92 Å². The van der Waals surface area contributed by atoms with Gasteiger partial charge in [0.25, 0.3) is 0 Å². The Balaban J connectivity index is 2.92. The number of halogens is 2. The summed E-state index contributed by atoms with van der Waals surface area (Å²) in [4.78, 5) is -0.460. The number of ether oxygens (including phenoxy) is 1. The number of nitrogens with one attached hydrogen (secondary N) is 1. The predicted molar refractivity (Wildman–Crippen MR) is 74.7 cm³/mol. The van der Waals surface area contributed by atoms with Gasteiger partial charge in [0.15, 0.2) is 0 Å². The van der Waals surface area contributed by atoms with Crippen LogP contribution in [0.25, 0.3) is 0 Å². The lowest BCUT2D eigenvalue weighted by Crippen LogP contribution is -2.30. The standard InChI is InChI=1S/C11H16BrFN2O3S/c1-7(6-18-2)5-15-19(16,17)11-4-10(14)8(12)3-9(11)13/h3-4,7,15H,5-6,14H2,1-2H3. The fourth-order valence-electron chi connectivity index (χ4n) is 1.42. The molecular weight excluding hydrogens is 339 g/mol. The molecule has 1 aromatic rings. The molecule has 0 heterocycles. The minimum atomic E-state index is -3.92. The Morgan fingerprint density at radius 1 is 1.53 bits per heavy atom. The molecule has 0 saturated heterocycles. The highest BCUT2D eigenvalue weighted by Gasteiger charge is 2.21. The van der Waals surface area contributed by atoms with Crippen LogP contribution in [0.15, 0.2) is 21.5 Å². The van der Waals surface area contributed by atoms with E-state index in [1.807, 2.05) is 6.92 Å². The lowest BCUT2D eigenvalue weighted by molar-refractivity contribution is 0.161. The first-order valence-corrected chi connectivity index (χ1v) is 7.78. The first kappa shape index (κ1) is 16.4. The molecule has 0 amide bonds.